The van der Waals surface area contributed by atoms with E-state index >= 15 is 0 Å². The summed E-state index contributed by atoms with van der Waals surface area (Å²) in [5.41, 5.74) is 8.64. The maximum absolute atomic E-state index is 13.2. The molecule has 0 radical (unpaired) electrons. The Kier molecular flexibility index (Phi) is 7.98. The smallest absolute Gasteiger partial charge is 1.00 e. The van der Waals surface area contributed by atoms with Gasteiger partial charge in [0, 0.05) is 5.56 Å². The van der Waals surface area contributed by atoms with Crippen LogP contribution in [0.4, 0.5) is 0 Å². The maximum Gasteiger partial charge on any atom is 1.00 e. The van der Waals surface area contributed by atoms with Gasteiger partial charge in [-0.15, -0.1) is 0 Å². The molecule has 0 aromatic heterocycles. The molecule has 1 unspecified atom stereocenters. The molecular weight excluding hydrogens is 354 g/mol. The van der Waals surface area contributed by atoms with Gasteiger partial charge in [-0.1, -0.05) is 65.8 Å². The zero-order valence-corrected chi connectivity index (χ0v) is 20.7. The third kappa shape index (κ3) is 5.60. The molecule has 0 saturated heterocycles. The van der Waals surface area contributed by atoms with Gasteiger partial charge in [0.05, 0.1) is 0 Å². The molecular formula is C25H36LiOP. The molecule has 3 heteroatoms. The van der Waals surface area contributed by atoms with Crippen molar-refractivity contribution >= 4 is 19.4 Å². The van der Waals surface area contributed by atoms with Crippen molar-refractivity contribution in [2.45, 2.75) is 80.1 Å². The van der Waals surface area contributed by atoms with Crippen LogP contribution in [0, 0.1) is 27.7 Å². The van der Waals surface area contributed by atoms with E-state index in [0.29, 0.717) is 0 Å². The summed E-state index contributed by atoms with van der Waals surface area (Å²) in [5.74, 6) is 0. The topological polar surface area (TPSA) is 17.1 Å². The normalized spacial score (nSPS) is 12.4. The summed E-state index contributed by atoms with van der Waals surface area (Å²) >= 11 is 0. The molecule has 0 aliphatic rings. The monoisotopic (exact) mass is 390 g/mol. The van der Waals surface area contributed by atoms with Crippen molar-refractivity contribution in [2.75, 3.05) is 0 Å². The molecule has 0 fully saturated rings. The Balaban J connectivity index is 0.00000392. The van der Waals surface area contributed by atoms with Gasteiger partial charge in [0.1, 0.15) is 0 Å². The number of rotatable bonds is 3. The quantitative estimate of drug-likeness (QED) is 0.576. The van der Waals surface area contributed by atoms with Gasteiger partial charge in [0.15, 0.2) is 5.52 Å². The van der Waals surface area contributed by atoms with E-state index in [4.69, 9.17) is 0 Å². The summed E-state index contributed by atoms with van der Waals surface area (Å²) in [6, 6.07) is 8.89. The Morgan fingerprint density at radius 1 is 0.714 bits per heavy atom. The molecule has 148 valence electrons. The van der Waals surface area contributed by atoms with Crippen LogP contribution in [-0.2, 0) is 10.8 Å². The Labute approximate surface area is 187 Å². The van der Waals surface area contributed by atoms with Crippen LogP contribution in [-0.4, -0.2) is 5.52 Å². The van der Waals surface area contributed by atoms with Gasteiger partial charge >= 0.3 is 18.9 Å². The van der Waals surface area contributed by atoms with Crippen molar-refractivity contribution in [2.24, 2.45) is 0 Å². The van der Waals surface area contributed by atoms with Crippen LogP contribution < -0.4 is 24.2 Å². The first-order valence-electron chi connectivity index (χ1n) is 9.76. The molecule has 0 heterocycles. The van der Waals surface area contributed by atoms with Crippen LogP contribution in [0.5, 0.6) is 0 Å². The molecule has 2 aromatic carbocycles. The van der Waals surface area contributed by atoms with Gasteiger partial charge in [0.25, 0.3) is 0 Å². The van der Waals surface area contributed by atoms with Crippen LogP contribution in [0.1, 0.15) is 86.7 Å². The summed E-state index contributed by atoms with van der Waals surface area (Å²) in [6.07, 6.45) is 0. The minimum absolute atomic E-state index is 0. The summed E-state index contributed by atoms with van der Waals surface area (Å²) in [4.78, 5) is 13.2. The average molecular weight is 390 g/mol. The van der Waals surface area contributed by atoms with Crippen molar-refractivity contribution < 1.29 is 25.1 Å². The van der Waals surface area contributed by atoms with Crippen molar-refractivity contribution in [3.63, 3.8) is 0 Å². The van der Waals surface area contributed by atoms with Crippen molar-refractivity contribution in [3.8, 4) is 0 Å². The summed E-state index contributed by atoms with van der Waals surface area (Å²) in [6.45, 7) is 21.8. The molecule has 0 saturated carbocycles. The Morgan fingerprint density at radius 3 is 1.36 bits per heavy atom. The average Bonchev–Trinajstić information content (AvgIpc) is 2.48. The maximum atomic E-state index is 13.2. The molecule has 0 bridgehead atoms. The molecule has 1 atom stereocenters. The zero-order chi connectivity index (χ0) is 20.7. The van der Waals surface area contributed by atoms with E-state index in [1.807, 2.05) is 0 Å². The molecule has 0 amide bonds. The van der Waals surface area contributed by atoms with Crippen molar-refractivity contribution in [1.82, 2.24) is 0 Å². The van der Waals surface area contributed by atoms with Gasteiger partial charge in [-0.25, -0.2) is 0 Å². The van der Waals surface area contributed by atoms with Gasteiger partial charge in [-0.05, 0) is 85.8 Å². The number of benzene rings is 2. The number of aryl methyl sites for hydroxylation is 4. The first-order valence-corrected chi connectivity index (χ1v) is 10.8. The van der Waals surface area contributed by atoms with Gasteiger partial charge in [0.2, 0.25) is 0 Å². The second-order valence-corrected chi connectivity index (χ2v) is 11.1. The fraction of sp³-hybridized carbons (Fsp3) is 0.480. The molecule has 1 nitrogen and oxygen atoms in total. The first kappa shape index (κ1) is 25.2. The van der Waals surface area contributed by atoms with Gasteiger partial charge in [-0.2, -0.15) is 0 Å². The Morgan fingerprint density at radius 2 is 1.04 bits per heavy atom. The molecule has 28 heavy (non-hydrogen) atoms. The second-order valence-electron chi connectivity index (χ2n) is 9.92. The third-order valence-corrected chi connectivity index (χ3v) is 6.78. The van der Waals surface area contributed by atoms with Crippen LogP contribution in [0.15, 0.2) is 24.3 Å². The standard InChI is InChI=1S/C25H35OP.Li.H/c1-15-11-19(24(5,6)7)12-16(2)21(15)23(26)27-22-17(3)13-20(14-18(22)4)25(8,9)10;;/h11-14,27H,1-10H3;;/q;+1;-1. The third-order valence-electron chi connectivity index (χ3n) is 5.26. The molecule has 0 N–H and O–H groups in total. The summed E-state index contributed by atoms with van der Waals surface area (Å²) in [5, 5.41) is 1.20. The van der Waals surface area contributed by atoms with Crippen LogP contribution in [0.25, 0.3) is 0 Å². The van der Waals surface area contributed by atoms with E-state index in [9.17, 15) is 4.79 Å². The van der Waals surface area contributed by atoms with Crippen molar-refractivity contribution in [3.05, 3.63) is 63.2 Å². The van der Waals surface area contributed by atoms with Crippen LogP contribution >= 0.6 is 8.58 Å². The van der Waals surface area contributed by atoms with Crippen LogP contribution in [0.3, 0.4) is 0 Å². The molecule has 0 spiro atoms. The predicted molar refractivity (Wildman–Crippen MR) is 123 cm³/mol. The number of hydrogen-bond donors (Lipinski definition) is 0. The number of carbonyl (C=O) groups is 1. The number of hydrogen-bond acceptors (Lipinski definition) is 1. The zero-order valence-electron chi connectivity index (χ0n) is 20.7. The Bertz CT molecular complexity index is 843. The van der Waals surface area contributed by atoms with Gasteiger partial charge < -0.3 is 1.43 Å². The second kappa shape index (κ2) is 8.88. The molecule has 0 aliphatic heterocycles. The molecule has 2 rings (SSSR count). The van der Waals surface area contributed by atoms with E-state index in [0.717, 1.165) is 16.7 Å². The van der Waals surface area contributed by atoms with E-state index in [-0.39, 0.29) is 45.2 Å². The van der Waals surface area contributed by atoms with E-state index in [2.05, 4.69) is 93.5 Å². The fourth-order valence-electron chi connectivity index (χ4n) is 3.52. The largest absolute Gasteiger partial charge is 1.00 e. The number of carbonyl (C=O) groups excluding carboxylic acids is 1. The fourth-order valence-corrected chi connectivity index (χ4v) is 4.81. The van der Waals surface area contributed by atoms with Crippen LogP contribution in [0.2, 0.25) is 0 Å². The van der Waals surface area contributed by atoms with E-state index < -0.39 is 0 Å². The van der Waals surface area contributed by atoms with E-state index in [1.54, 1.807) is 0 Å². The van der Waals surface area contributed by atoms with Crippen molar-refractivity contribution in [1.29, 1.82) is 0 Å². The predicted octanol–water partition coefficient (Wildman–Crippen LogP) is 3.78. The SMILES string of the molecule is Cc1cc(C(C)(C)C)cc(C)c1PC(=O)c1c(C)cc(C(C)(C)C)cc1C.[H-].[Li+]. The minimum atomic E-state index is 0. The summed E-state index contributed by atoms with van der Waals surface area (Å²) in [7, 11) is 0.170. The first-order chi connectivity index (χ1) is 12.2. The Hall–Kier alpha value is -0.863. The van der Waals surface area contributed by atoms with Gasteiger partial charge in [-0.3, -0.25) is 4.79 Å². The van der Waals surface area contributed by atoms with E-state index in [1.165, 1.54) is 27.6 Å². The summed E-state index contributed by atoms with van der Waals surface area (Å²) < 4.78 is 0. The molecule has 0 aliphatic carbocycles. The minimum Gasteiger partial charge on any atom is -1.00 e. The molecule has 2 aromatic rings.